The Morgan fingerprint density at radius 1 is 1.11 bits per heavy atom. The zero-order chi connectivity index (χ0) is 25.8. The van der Waals surface area contributed by atoms with Gasteiger partial charge in [0, 0.05) is 16.5 Å². The Labute approximate surface area is 214 Å². The summed E-state index contributed by atoms with van der Waals surface area (Å²) in [6.45, 7) is 8.18. The molecule has 8 heteroatoms. The maximum atomic E-state index is 11.7. The average Bonchev–Trinajstić information content (AvgIpc) is 3.24. The Hall–Kier alpha value is -3.97. The van der Waals surface area contributed by atoms with E-state index in [1.807, 2.05) is 56.3 Å². The molecule has 0 aliphatic heterocycles. The van der Waals surface area contributed by atoms with Gasteiger partial charge in [0.05, 0.1) is 17.9 Å². The van der Waals surface area contributed by atoms with Crippen LogP contribution in [0.5, 0.6) is 0 Å². The van der Waals surface area contributed by atoms with Crippen molar-refractivity contribution in [2.75, 3.05) is 5.32 Å². The molecular weight excluding hydrogens is 476 g/mol. The van der Waals surface area contributed by atoms with Crippen molar-refractivity contribution in [3.8, 4) is 11.1 Å². The predicted octanol–water partition coefficient (Wildman–Crippen LogP) is 7.69. The molecule has 5 rings (SSSR count). The monoisotopic (exact) mass is 502 g/mol. The average molecular weight is 503 g/mol. The van der Waals surface area contributed by atoms with Gasteiger partial charge in [0.25, 0.3) is 0 Å². The van der Waals surface area contributed by atoms with Gasteiger partial charge in [0.2, 0.25) is 0 Å². The van der Waals surface area contributed by atoms with Crippen LogP contribution in [0.25, 0.3) is 33.2 Å². The van der Waals surface area contributed by atoms with Gasteiger partial charge in [-0.3, -0.25) is 0 Å². The van der Waals surface area contributed by atoms with Crippen molar-refractivity contribution in [3.05, 3.63) is 82.8 Å². The smallest absolute Gasteiger partial charge is 0.356 e. The third-order valence-electron chi connectivity index (χ3n) is 5.51. The molecule has 3 heterocycles. The number of hydrogen-bond donors (Lipinski definition) is 2. The van der Waals surface area contributed by atoms with Gasteiger partial charge < -0.3 is 14.8 Å². The highest BCUT2D eigenvalue weighted by Crippen LogP contribution is 2.38. The Bertz CT molecular complexity index is 1530. The molecule has 184 valence electrons. The Morgan fingerprint density at radius 2 is 1.83 bits per heavy atom. The number of carboxylic acid groups (broad SMARTS) is 1. The standard InChI is InChI=1S/C25H19ClN4O3.C3H8/c1-13-10-16(14(2)28-19-8-9-20(26)29-22(19)25(31)32)23-17(11-13)21-24(33-23)18(12-27-30-21)15-6-4-3-5-7-15;1-3-2/h3-12,14,28H,1-2H3,(H,31,32);3H2,1-2H3. The van der Waals surface area contributed by atoms with E-state index >= 15 is 0 Å². The molecule has 1 atom stereocenters. The first-order chi connectivity index (χ1) is 17.3. The molecule has 2 aromatic carbocycles. The number of rotatable bonds is 5. The molecule has 7 nitrogen and oxygen atoms in total. The predicted molar refractivity (Wildman–Crippen MR) is 144 cm³/mol. The van der Waals surface area contributed by atoms with Crippen LogP contribution in [-0.2, 0) is 0 Å². The van der Waals surface area contributed by atoms with E-state index in [2.05, 4.69) is 34.3 Å². The number of carbonyl (C=O) groups is 1. The molecule has 0 aliphatic carbocycles. The zero-order valence-corrected chi connectivity index (χ0v) is 21.3. The Morgan fingerprint density at radius 3 is 2.53 bits per heavy atom. The molecule has 0 aliphatic rings. The summed E-state index contributed by atoms with van der Waals surface area (Å²) in [6, 6.07) is 16.8. The van der Waals surface area contributed by atoms with E-state index in [9.17, 15) is 9.90 Å². The quantitative estimate of drug-likeness (QED) is 0.237. The summed E-state index contributed by atoms with van der Waals surface area (Å²) in [7, 11) is 0. The van der Waals surface area contributed by atoms with E-state index in [1.54, 1.807) is 18.3 Å². The number of nitrogens with one attached hydrogen (secondary N) is 1. The van der Waals surface area contributed by atoms with Crippen LogP contribution in [0.2, 0.25) is 5.15 Å². The molecule has 0 saturated carbocycles. The fourth-order valence-electron chi connectivity index (χ4n) is 4.02. The lowest BCUT2D eigenvalue weighted by Crippen LogP contribution is -2.12. The van der Waals surface area contributed by atoms with Crippen LogP contribution in [0.1, 0.15) is 54.8 Å². The van der Waals surface area contributed by atoms with Crippen LogP contribution >= 0.6 is 11.6 Å². The third kappa shape index (κ3) is 5.02. The van der Waals surface area contributed by atoms with Gasteiger partial charge >= 0.3 is 5.97 Å². The molecular formula is C28H27ClN4O3. The number of aromatic nitrogens is 3. The molecule has 36 heavy (non-hydrogen) atoms. The summed E-state index contributed by atoms with van der Waals surface area (Å²) in [6.07, 6.45) is 2.95. The van der Waals surface area contributed by atoms with E-state index in [1.165, 1.54) is 6.42 Å². The van der Waals surface area contributed by atoms with Crippen molar-refractivity contribution in [2.45, 2.75) is 40.2 Å². The van der Waals surface area contributed by atoms with Crippen LogP contribution in [0, 0.1) is 6.92 Å². The van der Waals surface area contributed by atoms with Gasteiger partial charge in [0.1, 0.15) is 16.3 Å². The van der Waals surface area contributed by atoms with Crippen LogP contribution in [0.3, 0.4) is 0 Å². The largest absolute Gasteiger partial charge is 0.476 e. The second-order valence-electron chi connectivity index (χ2n) is 8.54. The van der Waals surface area contributed by atoms with Crippen molar-refractivity contribution in [1.82, 2.24) is 15.2 Å². The SMILES string of the molecule is CCC.Cc1cc(C(C)Nc2ccc(Cl)nc2C(=O)O)c2oc3c(-c4ccccc4)cnnc3c2c1. The van der Waals surface area contributed by atoms with Gasteiger partial charge in [-0.1, -0.05) is 68.3 Å². The topological polar surface area (TPSA) is 101 Å². The third-order valence-corrected chi connectivity index (χ3v) is 5.72. The molecule has 3 aromatic heterocycles. The van der Waals surface area contributed by atoms with E-state index in [0.29, 0.717) is 22.4 Å². The number of carboxylic acids is 1. The second-order valence-corrected chi connectivity index (χ2v) is 8.93. The molecule has 0 bridgehead atoms. The number of anilines is 1. The van der Waals surface area contributed by atoms with Crippen molar-refractivity contribution < 1.29 is 14.3 Å². The highest BCUT2D eigenvalue weighted by Gasteiger charge is 2.21. The number of aryl methyl sites for hydroxylation is 1. The van der Waals surface area contributed by atoms with Crippen molar-refractivity contribution in [3.63, 3.8) is 0 Å². The zero-order valence-electron chi connectivity index (χ0n) is 20.5. The summed E-state index contributed by atoms with van der Waals surface area (Å²) in [5, 5.41) is 22.3. The molecule has 0 amide bonds. The number of benzene rings is 2. The molecule has 1 unspecified atom stereocenters. The molecule has 0 saturated heterocycles. The summed E-state index contributed by atoms with van der Waals surface area (Å²) >= 11 is 5.89. The molecule has 2 N–H and O–H groups in total. The summed E-state index contributed by atoms with van der Waals surface area (Å²) in [4.78, 5) is 15.6. The van der Waals surface area contributed by atoms with Gasteiger partial charge in [-0.05, 0) is 43.2 Å². The maximum Gasteiger partial charge on any atom is 0.356 e. The van der Waals surface area contributed by atoms with Crippen LogP contribution in [0.15, 0.2) is 65.2 Å². The van der Waals surface area contributed by atoms with E-state index in [-0.39, 0.29) is 16.9 Å². The minimum Gasteiger partial charge on any atom is -0.476 e. The van der Waals surface area contributed by atoms with Crippen molar-refractivity contribution in [2.24, 2.45) is 0 Å². The van der Waals surface area contributed by atoms with Crippen LogP contribution in [-0.4, -0.2) is 26.3 Å². The molecule has 0 radical (unpaired) electrons. The fraction of sp³-hybridized carbons (Fsp3) is 0.214. The van der Waals surface area contributed by atoms with E-state index in [4.69, 9.17) is 16.0 Å². The Balaban J connectivity index is 0.000000967. The van der Waals surface area contributed by atoms with E-state index < -0.39 is 5.97 Å². The maximum absolute atomic E-state index is 11.7. The number of hydrogen-bond acceptors (Lipinski definition) is 6. The minimum absolute atomic E-state index is 0.118. The number of furan rings is 1. The fourth-order valence-corrected chi connectivity index (χ4v) is 4.17. The van der Waals surface area contributed by atoms with E-state index in [0.717, 1.165) is 27.6 Å². The van der Waals surface area contributed by atoms with Crippen molar-refractivity contribution >= 4 is 45.3 Å². The molecule has 0 spiro atoms. The van der Waals surface area contributed by atoms with Gasteiger partial charge in [0.15, 0.2) is 11.3 Å². The first-order valence-corrected chi connectivity index (χ1v) is 12.1. The highest BCUT2D eigenvalue weighted by molar-refractivity contribution is 6.29. The van der Waals surface area contributed by atoms with Crippen LogP contribution < -0.4 is 5.32 Å². The minimum atomic E-state index is -1.16. The van der Waals surface area contributed by atoms with Gasteiger partial charge in [-0.25, -0.2) is 9.78 Å². The lowest BCUT2D eigenvalue weighted by Gasteiger charge is -2.18. The summed E-state index contributed by atoms with van der Waals surface area (Å²) in [5.74, 6) is -1.16. The molecule has 0 fully saturated rings. The highest BCUT2D eigenvalue weighted by atomic mass is 35.5. The summed E-state index contributed by atoms with van der Waals surface area (Å²) < 4.78 is 6.38. The lowest BCUT2D eigenvalue weighted by atomic mass is 10.0. The molecule has 5 aromatic rings. The normalized spacial score (nSPS) is 11.7. The van der Waals surface area contributed by atoms with Crippen LogP contribution in [0.4, 0.5) is 5.69 Å². The second kappa shape index (κ2) is 10.7. The number of aromatic carboxylic acids is 1. The van der Waals surface area contributed by atoms with Gasteiger partial charge in [-0.15, -0.1) is 5.10 Å². The number of pyridine rings is 1. The summed E-state index contributed by atoms with van der Waals surface area (Å²) in [5.41, 5.74) is 5.98. The first kappa shape index (κ1) is 25.1. The number of halogens is 1. The number of fused-ring (bicyclic) bond motifs is 3. The number of nitrogens with zero attached hydrogens (tertiary/aromatic N) is 3. The first-order valence-electron chi connectivity index (χ1n) is 11.7. The Kier molecular flexibility index (Phi) is 7.50. The lowest BCUT2D eigenvalue weighted by molar-refractivity contribution is 0.0691. The van der Waals surface area contributed by atoms with Gasteiger partial charge in [-0.2, -0.15) is 5.10 Å². The van der Waals surface area contributed by atoms with Crippen molar-refractivity contribution in [1.29, 1.82) is 0 Å².